The van der Waals surface area contributed by atoms with Crippen molar-refractivity contribution in [3.8, 4) is 28.6 Å². The summed E-state index contributed by atoms with van der Waals surface area (Å²) < 4.78 is 44.6. The fraction of sp³-hybridized carbons (Fsp3) is 0.130. The van der Waals surface area contributed by atoms with E-state index in [2.05, 4.69) is 25.9 Å². The number of H-pyrrole nitrogens is 1. The molecule has 0 saturated carbocycles. The first-order valence-electron chi connectivity index (χ1n) is 10.8. The number of methoxy groups -OCH3 is 1. The molecule has 0 aliphatic carbocycles. The number of nitrogens with one attached hydrogen (secondary N) is 2. The van der Waals surface area contributed by atoms with Gasteiger partial charge in [0.05, 0.1) is 19.3 Å². The van der Waals surface area contributed by atoms with E-state index in [0.717, 1.165) is 5.56 Å². The molecular formula is C23H19ClN6O6S. The van der Waals surface area contributed by atoms with Gasteiger partial charge < -0.3 is 14.2 Å². The molecule has 14 heteroatoms. The van der Waals surface area contributed by atoms with Gasteiger partial charge in [0.25, 0.3) is 10.0 Å². The van der Waals surface area contributed by atoms with E-state index in [4.69, 9.17) is 25.8 Å². The van der Waals surface area contributed by atoms with Crippen molar-refractivity contribution in [1.82, 2.24) is 20.6 Å². The molecule has 3 aromatic carbocycles. The van der Waals surface area contributed by atoms with E-state index in [9.17, 15) is 13.2 Å². The fourth-order valence-electron chi connectivity index (χ4n) is 3.70. The number of carbonyl (C=O) groups excluding carboxylic acids is 1. The van der Waals surface area contributed by atoms with Crippen LogP contribution in [0.25, 0.3) is 11.4 Å². The Morgan fingerprint density at radius 1 is 1.14 bits per heavy atom. The maximum absolute atomic E-state index is 13.6. The van der Waals surface area contributed by atoms with Gasteiger partial charge in [0.2, 0.25) is 0 Å². The molecule has 0 spiro atoms. The van der Waals surface area contributed by atoms with Crippen molar-refractivity contribution in [3.63, 3.8) is 0 Å². The number of rotatable bonds is 6. The summed E-state index contributed by atoms with van der Waals surface area (Å²) in [5.74, 6) is 1.07. The highest BCUT2D eigenvalue weighted by atomic mass is 35.5. The molecule has 2 N–H and O–H groups in total. The maximum Gasteiger partial charge on any atom is 0.417 e. The third-order valence-corrected chi connectivity index (χ3v) is 7.47. The summed E-state index contributed by atoms with van der Waals surface area (Å²) in [4.78, 5) is 12.4. The predicted molar refractivity (Wildman–Crippen MR) is 134 cm³/mol. The summed E-state index contributed by atoms with van der Waals surface area (Å²) >= 11 is 6.06. The molecule has 5 rings (SSSR count). The number of hydrogen-bond donors (Lipinski definition) is 2. The van der Waals surface area contributed by atoms with Gasteiger partial charge in [-0.2, -0.15) is 0 Å². The summed E-state index contributed by atoms with van der Waals surface area (Å²) in [6.45, 7) is 0.170. The molecule has 12 nitrogen and oxygen atoms in total. The van der Waals surface area contributed by atoms with Gasteiger partial charge in [0.15, 0.2) is 5.82 Å². The van der Waals surface area contributed by atoms with Crippen LogP contribution in [0.1, 0.15) is 0 Å². The molecule has 0 bridgehead atoms. The number of benzene rings is 3. The van der Waals surface area contributed by atoms with Crippen molar-refractivity contribution in [2.45, 2.75) is 4.90 Å². The lowest BCUT2D eigenvalue weighted by molar-refractivity contribution is 0.215. The molecule has 1 aliphatic heterocycles. The minimum atomic E-state index is -4.09. The van der Waals surface area contributed by atoms with Gasteiger partial charge in [0, 0.05) is 22.3 Å². The van der Waals surface area contributed by atoms with Crippen LogP contribution in [0.5, 0.6) is 17.2 Å². The zero-order chi connectivity index (χ0) is 26.0. The topological polar surface area (TPSA) is 149 Å². The summed E-state index contributed by atoms with van der Waals surface area (Å²) in [6.07, 6.45) is -0.767. The van der Waals surface area contributed by atoms with Crippen molar-refractivity contribution >= 4 is 39.1 Å². The van der Waals surface area contributed by atoms with E-state index in [1.807, 2.05) is 0 Å². The van der Waals surface area contributed by atoms with E-state index in [1.165, 1.54) is 47.8 Å². The smallest absolute Gasteiger partial charge is 0.417 e. The second-order valence-corrected chi connectivity index (χ2v) is 9.96. The lowest BCUT2D eigenvalue weighted by Gasteiger charge is -2.31. The zero-order valence-corrected chi connectivity index (χ0v) is 20.8. The molecule has 1 amide bonds. The van der Waals surface area contributed by atoms with Crippen molar-refractivity contribution in [3.05, 3.63) is 65.7 Å². The zero-order valence-electron chi connectivity index (χ0n) is 19.2. The number of carbonyl (C=O) groups is 1. The van der Waals surface area contributed by atoms with Crippen LogP contribution >= 0.6 is 11.6 Å². The number of amides is 1. The Morgan fingerprint density at radius 2 is 1.95 bits per heavy atom. The number of halogens is 1. The van der Waals surface area contributed by atoms with Crippen molar-refractivity contribution in [2.24, 2.45) is 0 Å². The van der Waals surface area contributed by atoms with Crippen molar-refractivity contribution < 1.29 is 27.4 Å². The summed E-state index contributed by atoms with van der Waals surface area (Å²) in [6, 6.07) is 15.6. The monoisotopic (exact) mass is 542 g/mol. The molecule has 190 valence electrons. The first kappa shape index (κ1) is 24.3. The quantitative estimate of drug-likeness (QED) is 0.371. The lowest BCUT2D eigenvalue weighted by atomic mass is 10.2. The highest BCUT2D eigenvalue weighted by Crippen LogP contribution is 2.40. The van der Waals surface area contributed by atoms with Crippen molar-refractivity contribution in [2.75, 3.05) is 29.9 Å². The van der Waals surface area contributed by atoms with Crippen LogP contribution in [0.2, 0.25) is 5.02 Å². The number of nitrogens with zero attached hydrogens (tertiary/aromatic N) is 4. The number of aromatic nitrogens is 4. The fourth-order valence-corrected chi connectivity index (χ4v) is 5.57. The average molecular weight is 543 g/mol. The Kier molecular flexibility index (Phi) is 6.54. The molecule has 2 heterocycles. The third kappa shape index (κ3) is 4.99. The van der Waals surface area contributed by atoms with Crippen LogP contribution in [0.3, 0.4) is 0 Å². The summed E-state index contributed by atoms with van der Waals surface area (Å²) in [7, 11) is -2.71. The Morgan fingerprint density at radius 3 is 2.68 bits per heavy atom. The van der Waals surface area contributed by atoms with Crippen LogP contribution in [-0.2, 0) is 10.0 Å². The standard InChI is InChI=1S/C23H19ClN6O6S/c1-34-20-8-4-15(24)12-21(20)37(32,33)30-10-11-35-19-9-7-17(13-18(19)30)36-23(31)25-16-5-2-14(3-6-16)22-26-28-29-27-22/h2-9,12-13H,10-11H2,1H3,(H,25,31)(H,26,27,28,29). The lowest BCUT2D eigenvalue weighted by Crippen LogP contribution is -2.38. The first-order valence-corrected chi connectivity index (χ1v) is 12.6. The van der Waals surface area contributed by atoms with Gasteiger partial charge in [0.1, 0.15) is 28.8 Å². The molecule has 0 unspecified atom stereocenters. The van der Waals surface area contributed by atoms with Gasteiger partial charge in [-0.1, -0.05) is 11.6 Å². The number of anilines is 2. The SMILES string of the molecule is COc1ccc(Cl)cc1S(=O)(=O)N1CCOc2ccc(OC(=O)Nc3ccc(-c4nnn[nH]4)cc3)cc21. The van der Waals surface area contributed by atoms with E-state index in [0.29, 0.717) is 17.3 Å². The average Bonchev–Trinajstić information content (AvgIpc) is 3.44. The van der Waals surface area contributed by atoms with Crippen LogP contribution < -0.4 is 23.8 Å². The Labute approximate surface area is 216 Å². The molecule has 0 saturated heterocycles. The third-order valence-electron chi connectivity index (χ3n) is 5.41. The first-order chi connectivity index (χ1) is 17.8. The minimum absolute atomic E-state index is 0.0354. The molecule has 37 heavy (non-hydrogen) atoms. The van der Waals surface area contributed by atoms with Crippen LogP contribution in [0.4, 0.5) is 16.2 Å². The molecule has 0 radical (unpaired) electrons. The van der Waals surface area contributed by atoms with Gasteiger partial charge in [-0.3, -0.25) is 9.62 Å². The minimum Gasteiger partial charge on any atom is -0.495 e. The van der Waals surface area contributed by atoms with E-state index < -0.39 is 16.1 Å². The number of sulfonamides is 1. The van der Waals surface area contributed by atoms with E-state index >= 15 is 0 Å². The molecule has 0 atom stereocenters. The Bertz CT molecular complexity index is 1550. The van der Waals surface area contributed by atoms with E-state index in [1.54, 1.807) is 24.3 Å². The number of aromatic amines is 1. The van der Waals surface area contributed by atoms with Crippen LogP contribution in [0.15, 0.2) is 65.6 Å². The van der Waals surface area contributed by atoms with Gasteiger partial charge in [-0.05, 0) is 65.0 Å². The number of ether oxygens (including phenoxy) is 3. The molecular weight excluding hydrogens is 524 g/mol. The predicted octanol–water partition coefficient (Wildman–Crippen LogP) is 3.73. The molecule has 1 aromatic heterocycles. The molecule has 0 fully saturated rings. The highest BCUT2D eigenvalue weighted by molar-refractivity contribution is 7.93. The molecule has 4 aromatic rings. The Hall–Kier alpha value is -4.36. The summed E-state index contributed by atoms with van der Waals surface area (Å²) in [5, 5.41) is 16.4. The maximum atomic E-state index is 13.6. The number of tetrazole rings is 1. The second kappa shape index (κ2) is 9.95. The highest BCUT2D eigenvalue weighted by Gasteiger charge is 2.33. The van der Waals surface area contributed by atoms with E-state index in [-0.39, 0.29) is 40.3 Å². The Balaban J connectivity index is 1.36. The normalized spacial score (nSPS) is 12.9. The number of hydrogen-bond acceptors (Lipinski definition) is 9. The van der Waals surface area contributed by atoms with Gasteiger partial charge in [-0.15, -0.1) is 5.10 Å². The molecule has 1 aliphatic rings. The van der Waals surface area contributed by atoms with Crippen LogP contribution in [0, 0.1) is 0 Å². The van der Waals surface area contributed by atoms with Gasteiger partial charge >= 0.3 is 6.09 Å². The second-order valence-electron chi connectivity index (χ2n) is 7.69. The largest absolute Gasteiger partial charge is 0.495 e. The van der Waals surface area contributed by atoms with Crippen LogP contribution in [-0.4, -0.2) is 55.4 Å². The van der Waals surface area contributed by atoms with Gasteiger partial charge in [-0.25, -0.2) is 18.3 Å². The van der Waals surface area contributed by atoms with Crippen molar-refractivity contribution in [1.29, 1.82) is 0 Å². The summed E-state index contributed by atoms with van der Waals surface area (Å²) in [5.41, 5.74) is 1.42. The number of fused-ring (bicyclic) bond motifs is 1.